The summed E-state index contributed by atoms with van der Waals surface area (Å²) in [7, 11) is 0. The van der Waals surface area contributed by atoms with Gasteiger partial charge < -0.3 is 10.2 Å². The fourth-order valence-electron chi connectivity index (χ4n) is 4.03. The van der Waals surface area contributed by atoms with Crippen molar-refractivity contribution in [2.24, 2.45) is 0 Å². The van der Waals surface area contributed by atoms with E-state index in [-0.39, 0.29) is 5.82 Å². The van der Waals surface area contributed by atoms with Crippen molar-refractivity contribution in [2.45, 2.75) is 19.1 Å². The van der Waals surface area contributed by atoms with Crippen molar-refractivity contribution < 1.29 is 22.4 Å². The molecule has 3 aromatic rings. The number of carbonyl (C=O) groups is 1. The predicted molar refractivity (Wildman–Crippen MR) is 122 cm³/mol. The Kier molecular flexibility index (Phi) is 7.12. The monoisotopic (exact) mass is 472 g/mol. The first-order valence-electron chi connectivity index (χ1n) is 10.9. The SMILES string of the molecule is O=C(Nc1ccc(N2CCCN(Cc3cccc(F)c3)CC2)nc1)c1ccccc1C(F)(F)F. The van der Waals surface area contributed by atoms with Crippen LogP contribution in [0.2, 0.25) is 0 Å². The summed E-state index contributed by atoms with van der Waals surface area (Å²) in [5.74, 6) is -0.362. The Hall–Kier alpha value is -3.46. The summed E-state index contributed by atoms with van der Waals surface area (Å²) < 4.78 is 53.0. The first-order chi connectivity index (χ1) is 16.3. The van der Waals surface area contributed by atoms with Crippen LogP contribution in [-0.4, -0.2) is 42.0 Å². The number of hydrogen-bond donors (Lipinski definition) is 1. The van der Waals surface area contributed by atoms with E-state index in [0.717, 1.165) is 56.1 Å². The van der Waals surface area contributed by atoms with Gasteiger partial charge in [0.2, 0.25) is 0 Å². The predicted octanol–water partition coefficient (Wildman–Crippen LogP) is 5.20. The first kappa shape index (κ1) is 23.7. The number of aromatic nitrogens is 1. The number of hydrogen-bond acceptors (Lipinski definition) is 4. The van der Waals surface area contributed by atoms with Crippen molar-refractivity contribution >= 4 is 17.4 Å². The van der Waals surface area contributed by atoms with Crippen molar-refractivity contribution in [3.05, 3.63) is 89.4 Å². The van der Waals surface area contributed by atoms with Gasteiger partial charge in [-0.05, 0) is 48.4 Å². The average Bonchev–Trinajstić information content (AvgIpc) is 3.05. The van der Waals surface area contributed by atoms with Crippen LogP contribution in [0.5, 0.6) is 0 Å². The molecule has 0 atom stereocenters. The van der Waals surface area contributed by atoms with E-state index in [1.165, 1.54) is 24.4 Å². The molecule has 0 unspecified atom stereocenters. The Bertz CT molecular complexity index is 1130. The smallest absolute Gasteiger partial charge is 0.355 e. The van der Waals surface area contributed by atoms with Crippen LogP contribution < -0.4 is 10.2 Å². The van der Waals surface area contributed by atoms with Gasteiger partial charge in [0, 0.05) is 32.7 Å². The fraction of sp³-hybridized carbons (Fsp3) is 0.280. The van der Waals surface area contributed by atoms with Crippen molar-refractivity contribution in [3.8, 4) is 0 Å². The maximum atomic E-state index is 13.5. The maximum Gasteiger partial charge on any atom is 0.417 e. The van der Waals surface area contributed by atoms with Crippen molar-refractivity contribution in [2.75, 3.05) is 36.4 Å². The highest BCUT2D eigenvalue weighted by molar-refractivity contribution is 6.05. The summed E-state index contributed by atoms with van der Waals surface area (Å²) in [6.45, 7) is 3.85. The van der Waals surface area contributed by atoms with Crippen LogP contribution in [0.25, 0.3) is 0 Å². The summed E-state index contributed by atoms with van der Waals surface area (Å²) in [4.78, 5) is 21.2. The molecule has 34 heavy (non-hydrogen) atoms. The third-order valence-corrected chi connectivity index (χ3v) is 5.69. The average molecular weight is 472 g/mol. The largest absolute Gasteiger partial charge is 0.417 e. The number of rotatable bonds is 5. The maximum absolute atomic E-state index is 13.5. The number of halogens is 4. The summed E-state index contributed by atoms with van der Waals surface area (Å²) in [5, 5.41) is 2.49. The molecule has 0 saturated carbocycles. The molecule has 9 heteroatoms. The van der Waals surface area contributed by atoms with E-state index in [2.05, 4.69) is 20.1 Å². The van der Waals surface area contributed by atoms with Gasteiger partial charge in [0.1, 0.15) is 11.6 Å². The molecule has 1 fully saturated rings. The van der Waals surface area contributed by atoms with Crippen LogP contribution in [0.4, 0.5) is 29.1 Å². The number of pyridine rings is 1. The molecule has 178 valence electrons. The minimum absolute atomic E-state index is 0.243. The van der Waals surface area contributed by atoms with Crippen molar-refractivity contribution in [3.63, 3.8) is 0 Å². The molecular weight excluding hydrogens is 448 g/mol. The highest BCUT2D eigenvalue weighted by atomic mass is 19.4. The third kappa shape index (κ3) is 5.91. The van der Waals surface area contributed by atoms with Gasteiger partial charge in [0.15, 0.2) is 0 Å². The molecule has 0 bridgehead atoms. The summed E-state index contributed by atoms with van der Waals surface area (Å²) >= 11 is 0. The van der Waals surface area contributed by atoms with E-state index in [1.807, 2.05) is 6.07 Å². The van der Waals surface area contributed by atoms with Gasteiger partial charge in [-0.1, -0.05) is 24.3 Å². The zero-order valence-electron chi connectivity index (χ0n) is 18.4. The lowest BCUT2D eigenvalue weighted by Gasteiger charge is -2.23. The second-order valence-corrected chi connectivity index (χ2v) is 8.15. The number of anilines is 2. The number of carbonyl (C=O) groups excluding carboxylic acids is 1. The molecule has 5 nitrogen and oxygen atoms in total. The van der Waals surface area contributed by atoms with Crippen LogP contribution in [0.1, 0.15) is 27.9 Å². The van der Waals surface area contributed by atoms with Crippen molar-refractivity contribution in [1.82, 2.24) is 9.88 Å². The quantitative estimate of drug-likeness (QED) is 0.519. The van der Waals surface area contributed by atoms with Crippen LogP contribution in [0.3, 0.4) is 0 Å². The second-order valence-electron chi connectivity index (χ2n) is 8.15. The first-order valence-corrected chi connectivity index (χ1v) is 10.9. The van der Waals surface area contributed by atoms with E-state index >= 15 is 0 Å². The third-order valence-electron chi connectivity index (χ3n) is 5.69. The molecule has 1 amide bonds. The van der Waals surface area contributed by atoms with E-state index < -0.39 is 23.2 Å². The van der Waals surface area contributed by atoms with Crippen molar-refractivity contribution in [1.29, 1.82) is 0 Å². The molecule has 2 heterocycles. The van der Waals surface area contributed by atoms with Gasteiger partial charge in [-0.3, -0.25) is 9.69 Å². The van der Waals surface area contributed by atoms with Gasteiger partial charge in [0.05, 0.1) is 23.0 Å². The number of alkyl halides is 3. The number of nitrogens with zero attached hydrogens (tertiary/aromatic N) is 3. The minimum Gasteiger partial charge on any atom is -0.355 e. The highest BCUT2D eigenvalue weighted by Crippen LogP contribution is 2.32. The van der Waals surface area contributed by atoms with Crippen LogP contribution in [0, 0.1) is 5.82 Å². The molecule has 1 aliphatic heterocycles. The number of benzene rings is 2. The molecule has 1 aromatic heterocycles. The topological polar surface area (TPSA) is 48.5 Å². The van der Waals surface area contributed by atoms with Crippen LogP contribution in [0.15, 0.2) is 66.9 Å². The highest BCUT2D eigenvalue weighted by Gasteiger charge is 2.34. The Morgan fingerprint density at radius 3 is 2.53 bits per heavy atom. The Morgan fingerprint density at radius 1 is 0.971 bits per heavy atom. The summed E-state index contributed by atoms with van der Waals surface area (Å²) in [6.07, 6.45) is -2.27. The van der Waals surface area contributed by atoms with Crippen LogP contribution >= 0.6 is 0 Å². The van der Waals surface area contributed by atoms with E-state index in [4.69, 9.17) is 0 Å². The molecule has 1 saturated heterocycles. The molecule has 1 aliphatic rings. The lowest BCUT2D eigenvalue weighted by Crippen LogP contribution is -2.31. The number of nitrogens with one attached hydrogen (secondary N) is 1. The Balaban J connectivity index is 1.37. The summed E-state index contributed by atoms with van der Waals surface area (Å²) in [5.41, 5.74) is -0.179. The second kappa shape index (κ2) is 10.2. The molecule has 0 radical (unpaired) electrons. The molecule has 4 rings (SSSR count). The Morgan fingerprint density at radius 2 is 1.79 bits per heavy atom. The minimum atomic E-state index is -4.62. The van der Waals surface area contributed by atoms with Gasteiger partial charge in [-0.15, -0.1) is 0 Å². The lowest BCUT2D eigenvalue weighted by atomic mass is 10.1. The lowest BCUT2D eigenvalue weighted by molar-refractivity contribution is -0.137. The fourth-order valence-corrected chi connectivity index (χ4v) is 4.03. The Labute approximate surface area is 195 Å². The van der Waals surface area contributed by atoms with Crippen LogP contribution in [-0.2, 0) is 12.7 Å². The van der Waals surface area contributed by atoms with E-state index in [0.29, 0.717) is 12.2 Å². The molecule has 2 aromatic carbocycles. The normalized spacial score (nSPS) is 15.1. The molecule has 0 aliphatic carbocycles. The zero-order valence-corrected chi connectivity index (χ0v) is 18.4. The molecular formula is C25H24F4N4O. The summed E-state index contributed by atoms with van der Waals surface area (Å²) in [6, 6.07) is 14.6. The molecule has 0 spiro atoms. The van der Waals surface area contributed by atoms with E-state index in [1.54, 1.807) is 24.3 Å². The van der Waals surface area contributed by atoms with Gasteiger partial charge >= 0.3 is 6.18 Å². The number of amides is 1. The zero-order chi connectivity index (χ0) is 24.1. The van der Waals surface area contributed by atoms with Gasteiger partial charge in [-0.2, -0.15) is 13.2 Å². The molecule has 1 N–H and O–H groups in total. The van der Waals surface area contributed by atoms with E-state index in [9.17, 15) is 22.4 Å². The van der Waals surface area contributed by atoms with Gasteiger partial charge in [-0.25, -0.2) is 9.37 Å². The van der Waals surface area contributed by atoms with Gasteiger partial charge in [0.25, 0.3) is 5.91 Å². The standard InChI is InChI=1S/C25H24F4N4O/c26-19-6-3-5-18(15-19)17-32-11-4-12-33(14-13-32)23-10-9-20(16-30-23)31-24(34)21-7-1-2-8-22(21)25(27,28)29/h1-3,5-10,15-16H,4,11-14,17H2,(H,31,34).